The Hall–Kier alpha value is -2.10. The van der Waals surface area contributed by atoms with Crippen molar-refractivity contribution in [2.45, 2.75) is 32.2 Å². The molecule has 0 aliphatic carbocycles. The Morgan fingerprint density at radius 2 is 2.05 bits per heavy atom. The predicted molar refractivity (Wildman–Crippen MR) is 77.2 cm³/mol. The molecule has 2 rings (SSSR count). The lowest BCUT2D eigenvalue weighted by Crippen LogP contribution is -2.40. The third-order valence-corrected chi connectivity index (χ3v) is 3.54. The topological polar surface area (TPSA) is 57.6 Å². The van der Waals surface area contributed by atoms with Crippen LogP contribution in [0.3, 0.4) is 0 Å². The molecule has 1 amide bonds. The van der Waals surface area contributed by atoms with Crippen LogP contribution in [-0.4, -0.2) is 34.5 Å². The maximum absolute atomic E-state index is 12.0. The van der Waals surface area contributed by atoms with Crippen molar-refractivity contribution in [2.75, 3.05) is 6.54 Å². The third kappa shape index (κ3) is 3.47. The Labute approximate surface area is 118 Å². The van der Waals surface area contributed by atoms with Crippen molar-refractivity contribution in [1.82, 2.24) is 4.90 Å². The summed E-state index contributed by atoms with van der Waals surface area (Å²) < 4.78 is 0. The summed E-state index contributed by atoms with van der Waals surface area (Å²) in [6.07, 6.45) is 5.26. The van der Waals surface area contributed by atoms with Crippen molar-refractivity contribution in [1.29, 1.82) is 0 Å². The van der Waals surface area contributed by atoms with Gasteiger partial charge in [0.2, 0.25) is 5.91 Å². The molecule has 1 aromatic rings. The monoisotopic (exact) mass is 273 g/mol. The van der Waals surface area contributed by atoms with Gasteiger partial charge in [-0.25, -0.2) is 4.79 Å². The molecule has 106 valence electrons. The minimum atomic E-state index is -0.904. The molecule has 0 aromatic heterocycles. The van der Waals surface area contributed by atoms with Gasteiger partial charge in [0, 0.05) is 13.0 Å². The fraction of sp³-hybridized carbons (Fsp3) is 0.375. The quantitative estimate of drug-likeness (QED) is 0.916. The molecule has 1 saturated heterocycles. The van der Waals surface area contributed by atoms with E-state index in [1.165, 1.54) is 10.5 Å². The Morgan fingerprint density at radius 3 is 2.70 bits per heavy atom. The highest BCUT2D eigenvalue weighted by Gasteiger charge is 2.33. The zero-order valence-electron chi connectivity index (χ0n) is 11.6. The van der Waals surface area contributed by atoms with Crippen LogP contribution in [0.1, 0.15) is 30.4 Å². The van der Waals surface area contributed by atoms with Crippen molar-refractivity contribution in [3.63, 3.8) is 0 Å². The number of amides is 1. The molecule has 1 aliphatic rings. The van der Waals surface area contributed by atoms with E-state index >= 15 is 0 Å². The van der Waals surface area contributed by atoms with E-state index in [1.807, 2.05) is 37.3 Å². The van der Waals surface area contributed by atoms with Gasteiger partial charge in [-0.15, -0.1) is 0 Å². The number of rotatable bonds is 4. The summed E-state index contributed by atoms with van der Waals surface area (Å²) in [5.74, 6) is -1.02. The highest BCUT2D eigenvalue weighted by molar-refractivity contribution is 5.85. The van der Waals surface area contributed by atoms with Crippen LogP contribution in [0.15, 0.2) is 30.3 Å². The van der Waals surface area contributed by atoms with Gasteiger partial charge in [0.05, 0.1) is 0 Å². The summed E-state index contributed by atoms with van der Waals surface area (Å²) in [6.45, 7) is 2.57. The molecular formula is C16H19NO3. The Balaban J connectivity index is 1.91. The maximum atomic E-state index is 12.0. The number of likely N-dealkylation sites (tertiary alicyclic amines) is 1. The number of carbonyl (C=O) groups is 2. The molecule has 0 bridgehead atoms. The number of hydrogen-bond donors (Lipinski definition) is 1. The minimum Gasteiger partial charge on any atom is -0.480 e. The van der Waals surface area contributed by atoms with Gasteiger partial charge < -0.3 is 10.0 Å². The molecule has 1 atom stereocenters. The normalized spacial score (nSPS) is 18.6. The molecule has 1 N–H and O–H groups in total. The Bertz CT molecular complexity index is 519. The van der Waals surface area contributed by atoms with E-state index in [1.54, 1.807) is 6.08 Å². The van der Waals surface area contributed by atoms with Gasteiger partial charge in [0.25, 0.3) is 0 Å². The summed E-state index contributed by atoms with van der Waals surface area (Å²) in [4.78, 5) is 24.5. The Kier molecular flexibility index (Phi) is 4.56. The van der Waals surface area contributed by atoms with Gasteiger partial charge in [-0.1, -0.05) is 42.0 Å². The fourth-order valence-electron chi connectivity index (χ4n) is 2.41. The molecule has 0 saturated carbocycles. The maximum Gasteiger partial charge on any atom is 0.326 e. The molecule has 0 radical (unpaired) electrons. The van der Waals surface area contributed by atoms with Gasteiger partial charge in [0.15, 0.2) is 0 Å². The van der Waals surface area contributed by atoms with Crippen LogP contribution < -0.4 is 0 Å². The van der Waals surface area contributed by atoms with Crippen LogP contribution in [0.5, 0.6) is 0 Å². The predicted octanol–water partition coefficient (Wildman–Crippen LogP) is 2.47. The zero-order chi connectivity index (χ0) is 14.5. The van der Waals surface area contributed by atoms with E-state index in [4.69, 9.17) is 5.11 Å². The number of carboxylic acid groups (broad SMARTS) is 1. The third-order valence-electron chi connectivity index (χ3n) is 3.54. The molecule has 4 heteroatoms. The van der Waals surface area contributed by atoms with E-state index in [0.29, 0.717) is 13.0 Å². The largest absolute Gasteiger partial charge is 0.480 e. The highest BCUT2D eigenvalue weighted by Crippen LogP contribution is 2.18. The molecule has 1 aliphatic heterocycles. The average Bonchev–Trinajstić information content (AvgIpc) is 2.90. The molecule has 0 unspecified atom stereocenters. The molecule has 1 heterocycles. The first kappa shape index (κ1) is 14.3. The number of aryl methyl sites for hydroxylation is 1. The van der Waals surface area contributed by atoms with Crippen LogP contribution in [0.25, 0.3) is 6.08 Å². The molecule has 1 fully saturated rings. The lowest BCUT2D eigenvalue weighted by atomic mass is 10.1. The molecule has 4 nitrogen and oxygen atoms in total. The fourth-order valence-corrected chi connectivity index (χ4v) is 2.41. The van der Waals surface area contributed by atoms with Crippen LogP contribution in [0.2, 0.25) is 0 Å². The summed E-state index contributed by atoms with van der Waals surface area (Å²) in [6, 6.07) is 7.37. The standard InChI is InChI=1S/C16H19NO3/c1-12-7-9-13(10-8-12)4-2-6-15(18)17-11-3-5-14(17)16(19)20/h2,4,7-10,14H,3,5-6,11H2,1H3,(H,19,20)/b4-2+/t14-/m1/s1. The van der Waals surface area contributed by atoms with E-state index in [9.17, 15) is 9.59 Å². The van der Waals surface area contributed by atoms with Gasteiger partial charge in [-0.3, -0.25) is 4.79 Å². The van der Waals surface area contributed by atoms with Crippen molar-refractivity contribution in [3.8, 4) is 0 Å². The lowest BCUT2D eigenvalue weighted by molar-refractivity contribution is -0.147. The molecule has 20 heavy (non-hydrogen) atoms. The average molecular weight is 273 g/mol. The number of benzene rings is 1. The van der Waals surface area contributed by atoms with E-state index < -0.39 is 12.0 Å². The van der Waals surface area contributed by atoms with Gasteiger partial charge in [0.1, 0.15) is 6.04 Å². The molecular weight excluding hydrogens is 254 g/mol. The number of hydrogen-bond acceptors (Lipinski definition) is 2. The van der Waals surface area contributed by atoms with Crippen molar-refractivity contribution in [3.05, 3.63) is 41.5 Å². The molecule has 1 aromatic carbocycles. The van der Waals surface area contributed by atoms with Crippen LogP contribution in [0.4, 0.5) is 0 Å². The van der Waals surface area contributed by atoms with E-state index in [2.05, 4.69) is 0 Å². The van der Waals surface area contributed by atoms with E-state index in [-0.39, 0.29) is 12.3 Å². The smallest absolute Gasteiger partial charge is 0.326 e. The lowest BCUT2D eigenvalue weighted by Gasteiger charge is -2.20. The summed E-state index contributed by atoms with van der Waals surface area (Å²) in [7, 11) is 0. The van der Waals surface area contributed by atoms with Crippen LogP contribution in [0, 0.1) is 6.92 Å². The number of aliphatic carboxylic acids is 1. The second-order valence-electron chi connectivity index (χ2n) is 5.10. The van der Waals surface area contributed by atoms with Crippen molar-refractivity contribution in [2.24, 2.45) is 0 Å². The highest BCUT2D eigenvalue weighted by atomic mass is 16.4. The van der Waals surface area contributed by atoms with Gasteiger partial charge in [-0.2, -0.15) is 0 Å². The summed E-state index contributed by atoms with van der Waals surface area (Å²) in [5.41, 5.74) is 2.24. The summed E-state index contributed by atoms with van der Waals surface area (Å²) in [5, 5.41) is 9.05. The van der Waals surface area contributed by atoms with Gasteiger partial charge in [-0.05, 0) is 25.3 Å². The molecule has 0 spiro atoms. The van der Waals surface area contributed by atoms with Gasteiger partial charge >= 0.3 is 5.97 Å². The number of carbonyl (C=O) groups excluding carboxylic acids is 1. The number of nitrogens with zero attached hydrogens (tertiary/aromatic N) is 1. The Morgan fingerprint density at radius 1 is 1.35 bits per heavy atom. The first-order valence-corrected chi connectivity index (χ1v) is 6.83. The zero-order valence-corrected chi connectivity index (χ0v) is 11.6. The van der Waals surface area contributed by atoms with Crippen molar-refractivity contribution < 1.29 is 14.7 Å². The second-order valence-corrected chi connectivity index (χ2v) is 5.10. The number of carboxylic acids is 1. The SMILES string of the molecule is Cc1ccc(/C=C/CC(=O)N2CCC[C@@H]2C(=O)O)cc1. The summed E-state index contributed by atoms with van der Waals surface area (Å²) >= 11 is 0. The second kappa shape index (κ2) is 6.37. The van der Waals surface area contributed by atoms with E-state index in [0.717, 1.165) is 12.0 Å². The first-order chi connectivity index (χ1) is 9.58. The van der Waals surface area contributed by atoms with Crippen LogP contribution in [-0.2, 0) is 9.59 Å². The van der Waals surface area contributed by atoms with Crippen molar-refractivity contribution >= 4 is 18.0 Å². The first-order valence-electron chi connectivity index (χ1n) is 6.83. The minimum absolute atomic E-state index is 0.113. The van der Waals surface area contributed by atoms with Crippen LogP contribution >= 0.6 is 0 Å².